The van der Waals surface area contributed by atoms with E-state index in [9.17, 15) is 58.5 Å². The fourth-order valence-corrected chi connectivity index (χ4v) is 6.88. The Balaban J connectivity index is 2.13. The number of carbonyl (C=O) groups excluding carboxylic acids is 8. The van der Waals surface area contributed by atoms with Crippen molar-refractivity contribution in [2.75, 3.05) is 37.4 Å². The molecule has 0 saturated heterocycles. The highest BCUT2D eigenvalue weighted by atomic mass is 32.2. The highest BCUT2D eigenvalue weighted by Crippen LogP contribution is 2.12. The van der Waals surface area contributed by atoms with Crippen LogP contribution >= 0.6 is 24.4 Å². The van der Waals surface area contributed by atoms with Crippen LogP contribution in [0.3, 0.4) is 0 Å². The predicted molar refractivity (Wildman–Crippen MR) is 259 cm³/mol. The Labute approximate surface area is 408 Å². The molecule has 2 aromatic carbocycles. The normalized spacial score (nSPS) is 14.3. The number of nitrogens with two attached hydrogens (primary N) is 3. The summed E-state index contributed by atoms with van der Waals surface area (Å²) in [5, 5.41) is 48.9. The van der Waals surface area contributed by atoms with Crippen molar-refractivity contribution in [3.8, 4) is 5.75 Å². The number of aliphatic hydroxyl groups excluding tert-OH is 1. The average molecular weight is 1010 g/mol. The monoisotopic (exact) mass is 1000 g/mol. The van der Waals surface area contributed by atoms with Gasteiger partial charge in [0.25, 0.3) is 0 Å². The van der Waals surface area contributed by atoms with Gasteiger partial charge in [0.15, 0.2) is 5.96 Å². The lowest BCUT2D eigenvalue weighted by molar-refractivity contribution is -0.141. The number of aliphatic imine (C=N–C) groups is 1. The van der Waals surface area contributed by atoms with E-state index in [1.54, 1.807) is 30.3 Å². The minimum absolute atomic E-state index is 0.0411. The van der Waals surface area contributed by atoms with Crippen LogP contribution < -0.4 is 59.7 Å². The minimum Gasteiger partial charge on any atom is -0.508 e. The zero-order valence-corrected chi connectivity index (χ0v) is 40.1. The average Bonchev–Trinajstić information content (AvgIpc) is 3.30. The summed E-state index contributed by atoms with van der Waals surface area (Å²) in [6.07, 6.45) is 0.744. The number of benzene rings is 2. The van der Waals surface area contributed by atoms with Gasteiger partial charge in [-0.25, -0.2) is 4.79 Å². The van der Waals surface area contributed by atoms with Gasteiger partial charge in [-0.3, -0.25) is 43.3 Å². The summed E-state index contributed by atoms with van der Waals surface area (Å²) >= 11 is 5.44. The fraction of sp³-hybridized carbons (Fsp3) is 0.488. The van der Waals surface area contributed by atoms with Crippen LogP contribution in [-0.2, 0) is 56.0 Å². The number of aromatic hydroxyl groups is 1. The number of thioether (sulfide) groups is 1. The van der Waals surface area contributed by atoms with Crippen molar-refractivity contribution in [1.29, 1.82) is 0 Å². The molecule has 24 nitrogen and oxygen atoms in total. The van der Waals surface area contributed by atoms with Gasteiger partial charge in [-0.2, -0.15) is 24.4 Å². The van der Waals surface area contributed by atoms with E-state index < -0.39 is 115 Å². The fourth-order valence-electron chi connectivity index (χ4n) is 6.14. The van der Waals surface area contributed by atoms with Crippen LogP contribution in [0.15, 0.2) is 59.6 Å². The SMILES string of the molecule is CSCC[C@H](N)C(=O)N[C@@H](Cc1ccccc1)C(=O)NCC(=O)N[C@H](C(=O)NCC(=O)N[C@@H](Cc1ccc(O)cc1)C(=O)N[C@@H](C)C(=O)N[C@@H](CCCN=C(N)N)C(=O)N[C@@H](CS)C(=O)O)[C@@H](C)O. The Morgan fingerprint density at radius 1 is 0.667 bits per heavy atom. The lowest BCUT2D eigenvalue weighted by Gasteiger charge is -2.25. The second kappa shape index (κ2) is 30.7. The van der Waals surface area contributed by atoms with Crippen molar-refractivity contribution in [2.45, 2.75) is 94.3 Å². The number of amides is 8. The van der Waals surface area contributed by atoms with E-state index in [4.69, 9.17) is 17.2 Å². The van der Waals surface area contributed by atoms with Crippen molar-refractivity contribution in [3.63, 3.8) is 0 Å². The van der Waals surface area contributed by atoms with Crippen molar-refractivity contribution < 1.29 is 58.5 Å². The molecule has 0 unspecified atom stereocenters. The number of aliphatic carboxylic acids is 1. The van der Waals surface area contributed by atoms with Crippen LogP contribution in [-0.4, -0.2) is 160 Å². The minimum atomic E-state index is -1.63. The van der Waals surface area contributed by atoms with Gasteiger partial charge < -0.3 is 75.1 Å². The van der Waals surface area contributed by atoms with Crippen LogP contribution in [0.1, 0.15) is 44.2 Å². The molecule has 380 valence electrons. The number of nitrogens with one attached hydrogen (secondary N) is 8. The molecule has 2 rings (SSSR count). The summed E-state index contributed by atoms with van der Waals surface area (Å²) in [5.41, 5.74) is 17.9. The summed E-state index contributed by atoms with van der Waals surface area (Å²) < 4.78 is 0. The molecule has 69 heavy (non-hydrogen) atoms. The van der Waals surface area contributed by atoms with Gasteiger partial charge in [0, 0.05) is 25.1 Å². The highest BCUT2D eigenvalue weighted by Gasteiger charge is 2.31. The smallest absolute Gasteiger partial charge is 0.327 e. The maximum atomic E-state index is 13.7. The molecule has 0 fully saturated rings. The van der Waals surface area contributed by atoms with Crippen LogP contribution in [0.4, 0.5) is 0 Å². The molecule has 0 aromatic heterocycles. The molecular formula is C43H64N12O12S2. The number of carbonyl (C=O) groups is 9. The number of thiol groups is 1. The molecule has 0 saturated carbocycles. The number of phenols is 1. The molecule has 8 atom stereocenters. The second-order valence-electron chi connectivity index (χ2n) is 15.7. The molecule has 0 bridgehead atoms. The Kier molecular flexibility index (Phi) is 26.0. The molecule has 26 heteroatoms. The van der Waals surface area contributed by atoms with Gasteiger partial charge in [0.05, 0.1) is 25.2 Å². The maximum absolute atomic E-state index is 13.7. The van der Waals surface area contributed by atoms with Crippen molar-refractivity contribution in [2.24, 2.45) is 22.2 Å². The molecule has 8 amide bonds. The predicted octanol–water partition coefficient (Wildman–Crippen LogP) is -4.13. The number of aliphatic hydroxyl groups is 1. The molecule has 2 aromatic rings. The molecule has 0 aliphatic rings. The molecule has 17 N–H and O–H groups in total. The zero-order chi connectivity index (χ0) is 51.6. The van der Waals surface area contributed by atoms with Gasteiger partial charge in [0.1, 0.15) is 42.0 Å². The summed E-state index contributed by atoms with van der Waals surface area (Å²) in [6, 6.07) is 5.36. The number of rotatable bonds is 30. The third kappa shape index (κ3) is 22.3. The number of hydrogen-bond donors (Lipinski definition) is 15. The van der Waals surface area contributed by atoms with Gasteiger partial charge in [0.2, 0.25) is 47.3 Å². The summed E-state index contributed by atoms with van der Waals surface area (Å²) in [5.74, 6) is -8.03. The van der Waals surface area contributed by atoms with E-state index in [2.05, 4.69) is 60.2 Å². The van der Waals surface area contributed by atoms with E-state index >= 15 is 0 Å². The third-order valence-corrected chi connectivity index (χ3v) is 11.0. The Morgan fingerprint density at radius 2 is 1.20 bits per heavy atom. The first-order chi connectivity index (χ1) is 32.6. The van der Waals surface area contributed by atoms with Crippen LogP contribution in [0.2, 0.25) is 0 Å². The number of carboxylic acids is 1. The van der Waals surface area contributed by atoms with Crippen molar-refractivity contribution >= 4 is 83.6 Å². The largest absolute Gasteiger partial charge is 0.508 e. The van der Waals surface area contributed by atoms with Gasteiger partial charge in [-0.1, -0.05) is 42.5 Å². The first kappa shape index (κ1) is 58.5. The quantitative estimate of drug-likeness (QED) is 0.0153. The van der Waals surface area contributed by atoms with Crippen molar-refractivity contribution in [1.82, 2.24) is 42.5 Å². The third-order valence-electron chi connectivity index (χ3n) is 9.97. The maximum Gasteiger partial charge on any atom is 0.327 e. The number of hydrogen-bond acceptors (Lipinski definition) is 15. The highest BCUT2D eigenvalue weighted by molar-refractivity contribution is 7.98. The molecular weight excluding hydrogens is 941 g/mol. The first-order valence-electron chi connectivity index (χ1n) is 21.6. The summed E-state index contributed by atoms with van der Waals surface area (Å²) in [7, 11) is 0. The Morgan fingerprint density at radius 3 is 1.77 bits per heavy atom. The molecule has 0 spiro atoms. The number of nitrogens with zero attached hydrogens (tertiary/aromatic N) is 1. The number of carboxylic acid groups (broad SMARTS) is 1. The zero-order valence-electron chi connectivity index (χ0n) is 38.4. The number of guanidine groups is 1. The van der Waals surface area contributed by atoms with Crippen LogP contribution in [0, 0.1) is 0 Å². The van der Waals surface area contributed by atoms with Gasteiger partial charge in [-0.15, -0.1) is 0 Å². The first-order valence-corrected chi connectivity index (χ1v) is 23.7. The topological polar surface area (TPSA) is 401 Å². The van der Waals surface area contributed by atoms with E-state index in [1.807, 2.05) is 6.26 Å². The summed E-state index contributed by atoms with van der Waals surface area (Å²) in [6.45, 7) is 1.11. The Hall–Kier alpha value is -6.64. The second-order valence-corrected chi connectivity index (χ2v) is 17.0. The number of phenolic OH excluding ortho intramolecular Hbond substituents is 1. The van der Waals surface area contributed by atoms with Gasteiger partial charge in [-0.05, 0) is 68.4 Å². The summed E-state index contributed by atoms with van der Waals surface area (Å²) in [4.78, 5) is 121. The van der Waals surface area contributed by atoms with Gasteiger partial charge >= 0.3 is 5.97 Å². The standard InChI is InChI=1S/C43H64N12O12S2/c1-23(36(60)52-29(10-7-16-47-43(45)46)39(63)54-32(22-68)42(66)67)50-40(64)31(19-26-11-13-27(57)14-12-26)51-33(58)20-49-41(65)35(24(2)56)55-34(59)21-48-38(62)30(18-25-8-5-4-6-9-25)53-37(61)28(44)15-17-69-3/h4-6,8-9,11-14,23-24,28-32,35,56-57,68H,7,10,15-22,44H2,1-3H3,(H,48,62)(H,49,65)(H,50,64)(H,51,58)(H,52,60)(H,53,61)(H,54,63)(H,55,59)(H,66,67)(H4,45,46,47)/t23-,24+,28-,29-,30-,31-,32-,35-/m0/s1. The van der Waals surface area contributed by atoms with Crippen LogP contribution in [0.25, 0.3) is 0 Å². The molecule has 0 radical (unpaired) electrons. The molecule has 0 aliphatic carbocycles. The van der Waals surface area contributed by atoms with E-state index in [0.29, 0.717) is 23.3 Å². The lowest BCUT2D eigenvalue weighted by Crippen LogP contribution is -2.58. The van der Waals surface area contributed by atoms with E-state index in [-0.39, 0.29) is 49.7 Å². The molecule has 0 aliphatic heterocycles. The lowest BCUT2D eigenvalue weighted by atomic mass is 10.0. The molecule has 0 heterocycles. The van der Waals surface area contributed by atoms with Crippen LogP contribution in [0.5, 0.6) is 5.75 Å². The van der Waals surface area contributed by atoms with E-state index in [1.165, 1.54) is 49.9 Å². The Bertz CT molecular complexity index is 2080. The van der Waals surface area contributed by atoms with E-state index in [0.717, 1.165) is 0 Å². The van der Waals surface area contributed by atoms with Crippen molar-refractivity contribution in [3.05, 3.63) is 65.7 Å².